The summed E-state index contributed by atoms with van der Waals surface area (Å²) in [7, 11) is 1.94. The van der Waals surface area contributed by atoms with E-state index in [4.69, 9.17) is 4.98 Å². The van der Waals surface area contributed by atoms with Gasteiger partial charge >= 0.3 is 0 Å². The average Bonchev–Trinajstić information content (AvgIpc) is 2.94. The maximum absolute atomic E-state index is 4.72. The van der Waals surface area contributed by atoms with Crippen molar-refractivity contribution in [2.75, 3.05) is 7.05 Å². The van der Waals surface area contributed by atoms with E-state index in [2.05, 4.69) is 27.4 Å². The molecule has 5 heteroatoms. The van der Waals surface area contributed by atoms with Crippen molar-refractivity contribution in [2.24, 2.45) is 0 Å². The van der Waals surface area contributed by atoms with E-state index >= 15 is 0 Å². The van der Waals surface area contributed by atoms with Gasteiger partial charge in [-0.25, -0.2) is 15.0 Å². The number of nitrogens with zero attached hydrogens (tertiary/aromatic N) is 3. The van der Waals surface area contributed by atoms with Crippen molar-refractivity contribution in [3.63, 3.8) is 0 Å². The summed E-state index contributed by atoms with van der Waals surface area (Å²) in [5, 5.41) is 4.04. The van der Waals surface area contributed by atoms with Crippen LogP contribution in [0.2, 0.25) is 0 Å². The normalized spacial score (nSPS) is 10.7. The molecular weight excluding hydrogens is 268 g/mol. The molecule has 0 unspecified atom stereocenters. The molecule has 2 aromatic heterocycles. The van der Waals surface area contributed by atoms with Crippen molar-refractivity contribution < 1.29 is 0 Å². The van der Waals surface area contributed by atoms with Crippen LogP contribution in [0.3, 0.4) is 0 Å². The quantitative estimate of drug-likeness (QED) is 0.799. The third-order valence-electron chi connectivity index (χ3n) is 2.84. The van der Waals surface area contributed by atoms with Crippen molar-refractivity contribution in [1.29, 1.82) is 0 Å². The fourth-order valence-electron chi connectivity index (χ4n) is 1.96. The summed E-state index contributed by atoms with van der Waals surface area (Å²) in [4.78, 5) is 14.5. The molecule has 3 rings (SSSR count). The summed E-state index contributed by atoms with van der Waals surface area (Å²) in [5.41, 5.74) is 2.13. The molecule has 100 valence electrons. The van der Waals surface area contributed by atoms with Gasteiger partial charge in [0, 0.05) is 29.4 Å². The molecule has 0 amide bonds. The zero-order valence-electron chi connectivity index (χ0n) is 11.1. The maximum atomic E-state index is 4.72. The summed E-state index contributed by atoms with van der Waals surface area (Å²) in [6, 6.07) is 12.0. The maximum Gasteiger partial charge on any atom is 0.188 e. The molecular formula is C15H14N4S. The number of rotatable bonds is 4. The number of thiazole rings is 1. The highest BCUT2D eigenvalue weighted by atomic mass is 32.1. The predicted octanol–water partition coefficient (Wildman–Crippen LogP) is 2.99. The molecule has 2 heterocycles. The number of nitrogens with one attached hydrogen (secondary N) is 1. The summed E-state index contributed by atoms with van der Waals surface area (Å²) in [6.07, 6.45) is 3.48. The van der Waals surface area contributed by atoms with E-state index in [0.29, 0.717) is 5.82 Å². The van der Waals surface area contributed by atoms with Gasteiger partial charge in [0.25, 0.3) is 0 Å². The standard InChI is InChI=1S/C15H14N4S/c1-16-10-12-13(11-6-3-2-4-7-11)19-15(20-12)14-17-8-5-9-18-14/h2-9,16H,10H2,1H3. The van der Waals surface area contributed by atoms with Crippen LogP contribution >= 0.6 is 11.3 Å². The Balaban J connectivity index is 2.08. The Morgan fingerprint density at radius 3 is 2.50 bits per heavy atom. The van der Waals surface area contributed by atoms with E-state index in [9.17, 15) is 0 Å². The second-order valence-corrected chi connectivity index (χ2v) is 5.34. The first-order valence-electron chi connectivity index (χ1n) is 6.35. The second-order valence-electron chi connectivity index (χ2n) is 4.26. The van der Waals surface area contributed by atoms with Crippen molar-refractivity contribution in [3.05, 3.63) is 53.7 Å². The molecule has 0 saturated carbocycles. The first-order valence-corrected chi connectivity index (χ1v) is 7.17. The van der Waals surface area contributed by atoms with Gasteiger partial charge in [0.15, 0.2) is 10.8 Å². The molecule has 0 aliphatic rings. The van der Waals surface area contributed by atoms with E-state index in [-0.39, 0.29) is 0 Å². The molecule has 0 radical (unpaired) electrons. The van der Waals surface area contributed by atoms with Crippen molar-refractivity contribution >= 4 is 11.3 Å². The summed E-state index contributed by atoms with van der Waals surface area (Å²) in [6.45, 7) is 0.786. The van der Waals surface area contributed by atoms with Crippen LogP contribution in [-0.4, -0.2) is 22.0 Å². The first-order chi connectivity index (χ1) is 9.88. The molecule has 0 saturated heterocycles. The Hall–Kier alpha value is -2.11. The number of benzene rings is 1. The van der Waals surface area contributed by atoms with Crippen molar-refractivity contribution in [1.82, 2.24) is 20.3 Å². The van der Waals surface area contributed by atoms with Gasteiger partial charge in [-0.15, -0.1) is 11.3 Å². The minimum Gasteiger partial charge on any atom is -0.315 e. The van der Waals surface area contributed by atoms with Crippen LogP contribution < -0.4 is 5.32 Å². The van der Waals surface area contributed by atoms with Gasteiger partial charge < -0.3 is 5.32 Å². The Morgan fingerprint density at radius 1 is 1.05 bits per heavy atom. The lowest BCUT2D eigenvalue weighted by atomic mass is 10.1. The third kappa shape index (κ3) is 2.59. The minimum absolute atomic E-state index is 0.678. The fourth-order valence-corrected chi connectivity index (χ4v) is 3.00. The Kier molecular flexibility index (Phi) is 3.80. The lowest BCUT2D eigenvalue weighted by Gasteiger charge is -2.00. The van der Waals surface area contributed by atoms with Gasteiger partial charge in [0.1, 0.15) is 0 Å². The molecule has 1 N–H and O–H groups in total. The average molecular weight is 282 g/mol. The van der Waals surface area contributed by atoms with Crippen LogP contribution in [0.25, 0.3) is 22.1 Å². The van der Waals surface area contributed by atoms with Crippen LogP contribution in [0.5, 0.6) is 0 Å². The SMILES string of the molecule is CNCc1sc(-c2ncccn2)nc1-c1ccccc1. The van der Waals surface area contributed by atoms with Gasteiger partial charge in [0.05, 0.1) is 5.69 Å². The topological polar surface area (TPSA) is 50.7 Å². The van der Waals surface area contributed by atoms with E-state index in [1.807, 2.05) is 31.3 Å². The van der Waals surface area contributed by atoms with E-state index in [0.717, 1.165) is 22.8 Å². The Labute approximate surface area is 121 Å². The zero-order chi connectivity index (χ0) is 13.8. The highest BCUT2D eigenvalue weighted by molar-refractivity contribution is 7.15. The zero-order valence-corrected chi connectivity index (χ0v) is 11.9. The monoisotopic (exact) mass is 282 g/mol. The van der Waals surface area contributed by atoms with E-state index in [1.165, 1.54) is 4.88 Å². The minimum atomic E-state index is 0.678. The third-order valence-corrected chi connectivity index (χ3v) is 3.89. The smallest absolute Gasteiger partial charge is 0.188 e. The van der Waals surface area contributed by atoms with Crippen LogP contribution in [0.1, 0.15) is 4.88 Å². The van der Waals surface area contributed by atoms with Crippen LogP contribution in [0.15, 0.2) is 48.8 Å². The molecule has 0 atom stereocenters. The number of hydrogen-bond donors (Lipinski definition) is 1. The van der Waals surface area contributed by atoms with E-state index in [1.54, 1.807) is 23.7 Å². The second kappa shape index (κ2) is 5.90. The molecule has 0 fully saturated rings. The summed E-state index contributed by atoms with van der Waals surface area (Å²) >= 11 is 1.63. The Morgan fingerprint density at radius 2 is 1.80 bits per heavy atom. The highest BCUT2D eigenvalue weighted by Gasteiger charge is 2.14. The van der Waals surface area contributed by atoms with Crippen LogP contribution in [0, 0.1) is 0 Å². The molecule has 20 heavy (non-hydrogen) atoms. The molecule has 3 aromatic rings. The lowest BCUT2D eigenvalue weighted by molar-refractivity contribution is 0.831. The van der Waals surface area contributed by atoms with Gasteiger partial charge in [-0.05, 0) is 13.1 Å². The van der Waals surface area contributed by atoms with E-state index < -0.39 is 0 Å². The Bertz CT molecular complexity index is 680. The van der Waals surface area contributed by atoms with Crippen molar-refractivity contribution in [3.8, 4) is 22.1 Å². The van der Waals surface area contributed by atoms with Gasteiger partial charge in [-0.2, -0.15) is 0 Å². The first kappa shape index (κ1) is 12.9. The highest BCUT2D eigenvalue weighted by Crippen LogP contribution is 2.32. The number of hydrogen-bond acceptors (Lipinski definition) is 5. The van der Waals surface area contributed by atoms with Crippen molar-refractivity contribution in [2.45, 2.75) is 6.54 Å². The van der Waals surface area contributed by atoms with Gasteiger partial charge in [-0.1, -0.05) is 30.3 Å². The van der Waals surface area contributed by atoms with Gasteiger partial charge in [-0.3, -0.25) is 0 Å². The molecule has 0 aliphatic heterocycles. The summed E-state index contributed by atoms with van der Waals surface area (Å²) < 4.78 is 0. The molecule has 1 aromatic carbocycles. The predicted molar refractivity (Wildman–Crippen MR) is 81.3 cm³/mol. The largest absolute Gasteiger partial charge is 0.315 e. The molecule has 4 nitrogen and oxygen atoms in total. The number of aromatic nitrogens is 3. The van der Waals surface area contributed by atoms with Crippen LogP contribution in [-0.2, 0) is 6.54 Å². The van der Waals surface area contributed by atoms with Crippen LogP contribution in [0.4, 0.5) is 0 Å². The van der Waals surface area contributed by atoms with Gasteiger partial charge in [0.2, 0.25) is 0 Å². The molecule has 0 spiro atoms. The summed E-state index contributed by atoms with van der Waals surface area (Å²) in [5.74, 6) is 0.678. The molecule has 0 aliphatic carbocycles. The fraction of sp³-hybridized carbons (Fsp3) is 0.133. The molecule has 0 bridgehead atoms. The lowest BCUT2D eigenvalue weighted by Crippen LogP contribution is -2.04.